The lowest BCUT2D eigenvalue weighted by molar-refractivity contribution is -0.00171. The molecular formula is C15H30N2S. The van der Waals surface area contributed by atoms with Crippen LogP contribution in [0.1, 0.15) is 47.0 Å². The minimum Gasteiger partial charge on any atom is -0.329 e. The summed E-state index contributed by atoms with van der Waals surface area (Å²) in [6, 6.07) is 0.708. The van der Waals surface area contributed by atoms with E-state index in [2.05, 4.69) is 44.4 Å². The van der Waals surface area contributed by atoms with Gasteiger partial charge in [0.05, 0.1) is 0 Å². The Bertz CT molecular complexity index is 292. The molecule has 0 radical (unpaired) electrons. The lowest BCUT2D eigenvalue weighted by Crippen LogP contribution is -2.64. The first-order chi connectivity index (χ1) is 8.38. The molecule has 3 atom stereocenters. The van der Waals surface area contributed by atoms with Crippen molar-refractivity contribution >= 4 is 11.8 Å². The van der Waals surface area contributed by atoms with Gasteiger partial charge in [-0.2, -0.15) is 11.8 Å². The molecule has 2 aliphatic heterocycles. The molecule has 2 N–H and O–H groups in total. The summed E-state index contributed by atoms with van der Waals surface area (Å²) in [6.45, 7) is 11.7. The first kappa shape index (κ1) is 14.7. The van der Waals surface area contributed by atoms with Crippen molar-refractivity contribution in [1.29, 1.82) is 0 Å². The first-order valence-corrected chi connectivity index (χ1v) is 8.59. The Hall–Kier alpha value is 0.270. The van der Waals surface area contributed by atoms with Crippen LogP contribution in [0.3, 0.4) is 0 Å². The van der Waals surface area contributed by atoms with Crippen LogP contribution >= 0.6 is 11.8 Å². The van der Waals surface area contributed by atoms with Crippen molar-refractivity contribution in [2.75, 3.05) is 24.6 Å². The highest BCUT2D eigenvalue weighted by Crippen LogP contribution is 2.44. The van der Waals surface area contributed by atoms with Crippen LogP contribution < -0.4 is 5.73 Å². The molecule has 0 aliphatic carbocycles. The van der Waals surface area contributed by atoms with E-state index < -0.39 is 0 Å². The van der Waals surface area contributed by atoms with Gasteiger partial charge in [-0.1, -0.05) is 20.8 Å². The fraction of sp³-hybridized carbons (Fsp3) is 1.00. The van der Waals surface area contributed by atoms with E-state index in [0.29, 0.717) is 11.5 Å². The Kier molecular flexibility index (Phi) is 4.35. The van der Waals surface area contributed by atoms with Crippen LogP contribution in [-0.4, -0.2) is 41.1 Å². The summed E-state index contributed by atoms with van der Waals surface area (Å²) in [4.78, 5) is 2.76. The van der Waals surface area contributed by atoms with Crippen LogP contribution in [0.5, 0.6) is 0 Å². The highest BCUT2D eigenvalue weighted by atomic mass is 32.2. The lowest BCUT2D eigenvalue weighted by Gasteiger charge is -2.55. The SMILES string of the molecule is CC1CCC(C)N(C2(CN)CSCC(C)(C)C2)C1. The molecule has 2 saturated heterocycles. The molecule has 0 bridgehead atoms. The first-order valence-electron chi connectivity index (χ1n) is 7.43. The van der Waals surface area contributed by atoms with E-state index in [1.165, 1.54) is 37.3 Å². The van der Waals surface area contributed by atoms with Crippen LogP contribution in [0, 0.1) is 11.3 Å². The van der Waals surface area contributed by atoms with E-state index in [4.69, 9.17) is 5.73 Å². The molecule has 0 aromatic rings. The smallest absolute Gasteiger partial charge is 0.0430 e. The number of rotatable bonds is 2. The summed E-state index contributed by atoms with van der Waals surface area (Å²) in [5, 5.41) is 0. The molecular weight excluding hydrogens is 240 g/mol. The van der Waals surface area contributed by atoms with Crippen LogP contribution in [0.15, 0.2) is 0 Å². The Labute approximate surface area is 117 Å². The second-order valence-electron chi connectivity index (χ2n) is 7.45. The van der Waals surface area contributed by atoms with E-state index in [9.17, 15) is 0 Å². The molecule has 0 spiro atoms. The molecule has 2 heterocycles. The highest BCUT2D eigenvalue weighted by Gasteiger charge is 2.46. The molecule has 2 nitrogen and oxygen atoms in total. The van der Waals surface area contributed by atoms with E-state index in [0.717, 1.165) is 12.5 Å². The van der Waals surface area contributed by atoms with Gasteiger partial charge in [-0.15, -0.1) is 0 Å². The van der Waals surface area contributed by atoms with Gasteiger partial charge in [0.1, 0.15) is 0 Å². The zero-order valence-electron chi connectivity index (χ0n) is 12.5. The molecule has 2 rings (SSSR count). The van der Waals surface area contributed by atoms with Gasteiger partial charge in [-0.25, -0.2) is 0 Å². The fourth-order valence-electron chi connectivity index (χ4n) is 3.89. The maximum atomic E-state index is 6.24. The van der Waals surface area contributed by atoms with Gasteiger partial charge in [0.15, 0.2) is 0 Å². The second kappa shape index (κ2) is 5.34. The third-order valence-corrected chi connectivity index (χ3v) is 6.51. The summed E-state index contributed by atoms with van der Waals surface area (Å²) in [7, 11) is 0. The molecule has 3 heteroatoms. The van der Waals surface area contributed by atoms with Crippen molar-refractivity contribution in [3.63, 3.8) is 0 Å². The Balaban J connectivity index is 2.20. The predicted molar refractivity (Wildman–Crippen MR) is 82.1 cm³/mol. The molecule has 0 aromatic heterocycles. The van der Waals surface area contributed by atoms with Gasteiger partial charge < -0.3 is 5.73 Å². The maximum absolute atomic E-state index is 6.24. The number of likely N-dealkylation sites (tertiary alicyclic amines) is 1. The number of hydrogen-bond acceptors (Lipinski definition) is 3. The zero-order chi connectivity index (χ0) is 13.4. The number of piperidine rings is 1. The standard InChI is InChI=1S/C15H30N2S/c1-12-5-6-13(2)17(7-12)15(9-16)8-14(3,4)10-18-11-15/h12-13H,5-11,16H2,1-4H3. The molecule has 2 fully saturated rings. The number of nitrogens with two attached hydrogens (primary N) is 1. The topological polar surface area (TPSA) is 29.3 Å². The predicted octanol–water partition coefficient (Wildman–Crippen LogP) is 2.97. The Morgan fingerprint density at radius 1 is 1.22 bits per heavy atom. The van der Waals surface area contributed by atoms with Crippen molar-refractivity contribution < 1.29 is 0 Å². The summed E-state index contributed by atoms with van der Waals surface area (Å²) in [5.41, 5.74) is 6.93. The fourth-order valence-corrected chi connectivity index (χ4v) is 5.42. The summed E-state index contributed by atoms with van der Waals surface area (Å²) in [5.74, 6) is 3.34. The molecule has 2 aliphatic rings. The third kappa shape index (κ3) is 2.88. The van der Waals surface area contributed by atoms with Crippen LogP contribution in [0.2, 0.25) is 0 Å². The van der Waals surface area contributed by atoms with Gasteiger partial charge in [-0.05, 0) is 43.3 Å². The molecule has 0 saturated carbocycles. The second-order valence-corrected chi connectivity index (χ2v) is 8.43. The molecule has 0 aromatic carbocycles. The normalized spacial score (nSPS) is 41.8. The van der Waals surface area contributed by atoms with E-state index in [1.54, 1.807) is 0 Å². The van der Waals surface area contributed by atoms with Gasteiger partial charge in [0, 0.05) is 30.4 Å². The number of nitrogens with zero attached hydrogens (tertiary/aromatic N) is 1. The molecule has 18 heavy (non-hydrogen) atoms. The Morgan fingerprint density at radius 3 is 2.56 bits per heavy atom. The van der Waals surface area contributed by atoms with Crippen molar-refractivity contribution in [3.8, 4) is 0 Å². The Morgan fingerprint density at radius 2 is 1.94 bits per heavy atom. The third-order valence-electron chi connectivity index (χ3n) is 4.78. The quantitative estimate of drug-likeness (QED) is 0.836. The lowest BCUT2D eigenvalue weighted by atomic mass is 9.76. The average molecular weight is 270 g/mol. The number of hydrogen-bond donors (Lipinski definition) is 1. The molecule has 3 unspecified atom stereocenters. The zero-order valence-corrected chi connectivity index (χ0v) is 13.4. The van der Waals surface area contributed by atoms with Gasteiger partial charge >= 0.3 is 0 Å². The largest absolute Gasteiger partial charge is 0.329 e. The van der Waals surface area contributed by atoms with Gasteiger partial charge in [-0.3, -0.25) is 4.90 Å². The van der Waals surface area contributed by atoms with Gasteiger partial charge in [0.25, 0.3) is 0 Å². The van der Waals surface area contributed by atoms with E-state index in [-0.39, 0.29) is 5.54 Å². The highest BCUT2D eigenvalue weighted by molar-refractivity contribution is 7.99. The minimum absolute atomic E-state index is 0.251. The van der Waals surface area contributed by atoms with Crippen molar-refractivity contribution in [2.45, 2.75) is 58.5 Å². The summed E-state index contributed by atoms with van der Waals surface area (Å²) < 4.78 is 0. The molecule has 0 amide bonds. The van der Waals surface area contributed by atoms with Crippen molar-refractivity contribution in [1.82, 2.24) is 4.90 Å². The number of thioether (sulfide) groups is 1. The van der Waals surface area contributed by atoms with Crippen LogP contribution in [0.25, 0.3) is 0 Å². The average Bonchev–Trinajstić information content (AvgIpc) is 2.31. The molecule has 106 valence electrons. The minimum atomic E-state index is 0.251. The van der Waals surface area contributed by atoms with E-state index >= 15 is 0 Å². The van der Waals surface area contributed by atoms with Crippen molar-refractivity contribution in [3.05, 3.63) is 0 Å². The van der Waals surface area contributed by atoms with Crippen molar-refractivity contribution in [2.24, 2.45) is 17.1 Å². The van der Waals surface area contributed by atoms with Crippen LogP contribution in [0.4, 0.5) is 0 Å². The van der Waals surface area contributed by atoms with Gasteiger partial charge in [0.2, 0.25) is 0 Å². The van der Waals surface area contributed by atoms with E-state index in [1.807, 2.05) is 0 Å². The maximum Gasteiger partial charge on any atom is 0.0430 e. The van der Waals surface area contributed by atoms with Crippen LogP contribution in [-0.2, 0) is 0 Å². The monoisotopic (exact) mass is 270 g/mol. The summed E-state index contributed by atoms with van der Waals surface area (Å²) >= 11 is 2.11. The summed E-state index contributed by atoms with van der Waals surface area (Å²) in [6.07, 6.45) is 3.99.